The van der Waals surface area contributed by atoms with E-state index in [-0.39, 0.29) is 5.82 Å². The number of β-amino-alcohol motifs (C(OH)–C–C–N with tert-alkyl or cyclic N) is 1. The fraction of sp³-hybridized carbons (Fsp3) is 0.538. The van der Waals surface area contributed by atoms with E-state index >= 15 is 0 Å². The zero-order valence-electron chi connectivity index (χ0n) is 10.1. The number of hydrogen-bond donors (Lipinski definition) is 1. The fourth-order valence-corrected chi connectivity index (χ4v) is 2.07. The Morgan fingerprint density at radius 1 is 1.18 bits per heavy atom. The Bertz CT molecular complexity index is 347. The lowest BCUT2D eigenvalue weighted by Crippen LogP contribution is -2.45. The van der Waals surface area contributed by atoms with E-state index < -0.39 is 6.10 Å². The van der Waals surface area contributed by atoms with E-state index in [2.05, 4.69) is 16.8 Å². The summed E-state index contributed by atoms with van der Waals surface area (Å²) in [5, 5.41) is 10.1. The molecule has 0 aliphatic carbocycles. The standard InChI is InChI=1S/C13H19FN2O/c1-15-6-8-16(9-7-15)10-13(17)11-2-4-12(14)5-3-11/h2-5,13,17H,6-10H2,1H3. The molecule has 1 aromatic rings. The average molecular weight is 238 g/mol. The molecule has 1 fully saturated rings. The number of likely N-dealkylation sites (N-methyl/N-ethyl adjacent to an activating group) is 1. The summed E-state index contributed by atoms with van der Waals surface area (Å²) in [4.78, 5) is 4.52. The lowest BCUT2D eigenvalue weighted by Gasteiger charge is -2.33. The Morgan fingerprint density at radius 2 is 1.76 bits per heavy atom. The highest BCUT2D eigenvalue weighted by atomic mass is 19.1. The minimum Gasteiger partial charge on any atom is -0.387 e. The van der Waals surface area contributed by atoms with Crippen LogP contribution in [0.15, 0.2) is 24.3 Å². The molecule has 17 heavy (non-hydrogen) atoms. The molecule has 2 rings (SSSR count). The summed E-state index contributed by atoms with van der Waals surface area (Å²) in [7, 11) is 2.10. The van der Waals surface area contributed by atoms with Gasteiger partial charge in [0.2, 0.25) is 0 Å². The van der Waals surface area contributed by atoms with E-state index in [1.807, 2.05) is 0 Å². The summed E-state index contributed by atoms with van der Waals surface area (Å²) >= 11 is 0. The molecule has 0 radical (unpaired) electrons. The second kappa shape index (κ2) is 5.58. The molecule has 0 amide bonds. The van der Waals surface area contributed by atoms with Crippen LogP contribution in [0.4, 0.5) is 4.39 Å². The van der Waals surface area contributed by atoms with Crippen molar-refractivity contribution < 1.29 is 9.50 Å². The summed E-state index contributed by atoms with van der Waals surface area (Å²) in [5.41, 5.74) is 0.783. The van der Waals surface area contributed by atoms with Crippen molar-refractivity contribution in [1.29, 1.82) is 0 Å². The van der Waals surface area contributed by atoms with Crippen LogP contribution in [-0.4, -0.2) is 54.7 Å². The zero-order chi connectivity index (χ0) is 12.3. The quantitative estimate of drug-likeness (QED) is 0.854. The van der Waals surface area contributed by atoms with Gasteiger partial charge in [0.25, 0.3) is 0 Å². The van der Waals surface area contributed by atoms with E-state index in [9.17, 15) is 9.50 Å². The number of aliphatic hydroxyl groups excluding tert-OH is 1. The molecule has 1 atom stereocenters. The predicted molar refractivity (Wildman–Crippen MR) is 65.3 cm³/mol. The third-order valence-electron chi connectivity index (χ3n) is 3.28. The first-order valence-corrected chi connectivity index (χ1v) is 5.99. The van der Waals surface area contributed by atoms with E-state index in [1.165, 1.54) is 12.1 Å². The van der Waals surface area contributed by atoms with Crippen molar-refractivity contribution >= 4 is 0 Å². The molecular weight excluding hydrogens is 219 g/mol. The van der Waals surface area contributed by atoms with E-state index in [4.69, 9.17) is 0 Å². The van der Waals surface area contributed by atoms with Crippen molar-refractivity contribution in [3.05, 3.63) is 35.6 Å². The van der Waals surface area contributed by atoms with E-state index in [0.717, 1.165) is 31.7 Å². The number of rotatable bonds is 3. The van der Waals surface area contributed by atoms with Crippen molar-refractivity contribution in [2.24, 2.45) is 0 Å². The molecule has 1 aromatic carbocycles. The SMILES string of the molecule is CN1CCN(CC(O)c2ccc(F)cc2)CC1. The van der Waals surface area contributed by atoms with Crippen molar-refractivity contribution in [3.8, 4) is 0 Å². The number of aliphatic hydroxyl groups is 1. The van der Waals surface area contributed by atoms with Crippen LogP contribution in [0, 0.1) is 5.82 Å². The van der Waals surface area contributed by atoms with E-state index in [0.29, 0.717) is 6.54 Å². The first kappa shape index (κ1) is 12.5. The summed E-state index contributed by atoms with van der Waals surface area (Å²) < 4.78 is 12.8. The maximum atomic E-state index is 12.8. The minimum absolute atomic E-state index is 0.263. The topological polar surface area (TPSA) is 26.7 Å². The first-order chi connectivity index (χ1) is 8.15. The molecular formula is C13H19FN2O. The van der Waals surface area contributed by atoms with E-state index in [1.54, 1.807) is 12.1 Å². The lowest BCUT2D eigenvalue weighted by atomic mass is 10.1. The molecule has 1 saturated heterocycles. The Kier molecular flexibility index (Phi) is 4.10. The van der Waals surface area contributed by atoms with Gasteiger partial charge in [-0.1, -0.05) is 12.1 Å². The number of halogens is 1. The Balaban J connectivity index is 1.88. The predicted octanol–water partition coefficient (Wildman–Crippen LogP) is 1.11. The highest BCUT2D eigenvalue weighted by molar-refractivity contribution is 5.18. The Morgan fingerprint density at radius 3 is 2.35 bits per heavy atom. The van der Waals surface area contributed by atoms with Gasteiger partial charge in [-0.3, -0.25) is 4.90 Å². The van der Waals surface area contributed by atoms with Crippen LogP contribution in [0.5, 0.6) is 0 Å². The number of hydrogen-bond acceptors (Lipinski definition) is 3. The maximum absolute atomic E-state index is 12.8. The molecule has 3 nitrogen and oxygen atoms in total. The smallest absolute Gasteiger partial charge is 0.123 e. The van der Waals surface area contributed by atoms with Crippen molar-refractivity contribution in [1.82, 2.24) is 9.80 Å². The Labute approximate surface area is 101 Å². The molecule has 1 aliphatic rings. The number of nitrogens with zero attached hydrogens (tertiary/aromatic N) is 2. The molecule has 1 unspecified atom stereocenters. The van der Waals surface area contributed by atoms with Crippen molar-refractivity contribution in [2.45, 2.75) is 6.10 Å². The number of piperazine rings is 1. The third-order valence-corrected chi connectivity index (χ3v) is 3.28. The molecule has 0 bridgehead atoms. The van der Waals surface area contributed by atoms with Gasteiger partial charge >= 0.3 is 0 Å². The van der Waals surface area contributed by atoms with Gasteiger partial charge in [0.1, 0.15) is 5.82 Å². The van der Waals surface area contributed by atoms with Crippen LogP contribution in [-0.2, 0) is 0 Å². The second-order valence-electron chi connectivity index (χ2n) is 4.67. The Hall–Kier alpha value is -0.970. The van der Waals surface area contributed by atoms with Gasteiger partial charge < -0.3 is 10.0 Å². The molecule has 94 valence electrons. The largest absolute Gasteiger partial charge is 0.387 e. The average Bonchev–Trinajstić information content (AvgIpc) is 2.33. The molecule has 0 aromatic heterocycles. The van der Waals surface area contributed by atoms with Gasteiger partial charge in [-0.15, -0.1) is 0 Å². The van der Waals surface area contributed by atoms with Gasteiger partial charge in [0, 0.05) is 32.7 Å². The second-order valence-corrected chi connectivity index (χ2v) is 4.67. The van der Waals surface area contributed by atoms with Gasteiger partial charge in [-0.25, -0.2) is 4.39 Å². The highest BCUT2D eigenvalue weighted by Crippen LogP contribution is 2.15. The van der Waals surface area contributed by atoms with Gasteiger partial charge in [0.15, 0.2) is 0 Å². The minimum atomic E-state index is -0.529. The molecule has 0 spiro atoms. The lowest BCUT2D eigenvalue weighted by molar-refractivity contribution is 0.0805. The normalized spacial score (nSPS) is 20.4. The highest BCUT2D eigenvalue weighted by Gasteiger charge is 2.17. The molecule has 1 N–H and O–H groups in total. The van der Waals surface area contributed by atoms with Crippen LogP contribution in [0.2, 0.25) is 0 Å². The third kappa shape index (κ3) is 3.49. The van der Waals surface area contributed by atoms with Gasteiger partial charge in [0.05, 0.1) is 6.10 Å². The molecule has 1 heterocycles. The summed E-state index contributed by atoms with van der Waals surface area (Å²) in [6.07, 6.45) is -0.529. The maximum Gasteiger partial charge on any atom is 0.123 e. The van der Waals surface area contributed by atoms with Crippen LogP contribution in [0.1, 0.15) is 11.7 Å². The van der Waals surface area contributed by atoms with Gasteiger partial charge in [-0.2, -0.15) is 0 Å². The van der Waals surface area contributed by atoms with Crippen LogP contribution >= 0.6 is 0 Å². The number of benzene rings is 1. The van der Waals surface area contributed by atoms with Crippen LogP contribution in [0.25, 0.3) is 0 Å². The van der Waals surface area contributed by atoms with Crippen LogP contribution < -0.4 is 0 Å². The summed E-state index contributed by atoms with van der Waals surface area (Å²) in [6, 6.07) is 6.08. The molecule has 4 heteroatoms. The van der Waals surface area contributed by atoms with Crippen molar-refractivity contribution in [3.63, 3.8) is 0 Å². The molecule has 1 aliphatic heterocycles. The molecule has 0 saturated carbocycles. The summed E-state index contributed by atoms with van der Waals surface area (Å²) in [5.74, 6) is -0.263. The van der Waals surface area contributed by atoms with Gasteiger partial charge in [-0.05, 0) is 24.7 Å². The first-order valence-electron chi connectivity index (χ1n) is 5.99. The van der Waals surface area contributed by atoms with Crippen molar-refractivity contribution in [2.75, 3.05) is 39.8 Å². The fourth-order valence-electron chi connectivity index (χ4n) is 2.07. The van der Waals surface area contributed by atoms with Crippen LogP contribution in [0.3, 0.4) is 0 Å². The zero-order valence-corrected chi connectivity index (χ0v) is 10.1. The summed E-state index contributed by atoms with van der Waals surface area (Å²) in [6.45, 7) is 4.66. The monoisotopic (exact) mass is 238 g/mol.